The molecule has 0 radical (unpaired) electrons. The van der Waals surface area contributed by atoms with E-state index in [1.54, 1.807) is 6.20 Å². The van der Waals surface area contributed by atoms with E-state index in [4.69, 9.17) is 0 Å². The van der Waals surface area contributed by atoms with Crippen LogP contribution in [-0.2, 0) is 11.3 Å². The molecular formula is C18H24N4O. The molecule has 2 heterocycles. The van der Waals surface area contributed by atoms with Gasteiger partial charge in [0.15, 0.2) is 0 Å². The topological polar surface area (TPSA) is 59.0 Å². The van der Waals surface area contributed by atoms with Crippen LogP contribution >= 0.6 is 0 Å². The van der Waals surface area contributed by atoms with Crippen molar-refractivity contribution in [3.05, 3.63) is 48.3 Å². The highest BCUT2D eigenvalue weighted by atomic mass is 16.2. The predicted octanol–water partition coefficient (Wildman–Crippen LogP) is 2.27. The number of aromatic nitrogens is 2. The molecule has 0 spiro atoms. The van der Waals surface area contributed by atoms with Crippen LogP contribution in [0.1, 0.15) is 32.3 Å². The van der Waals surface area contributed by atoms with Gasteiger partial charge in [-0.05, 0) is 42.5 Å². The zero-order valence-corrected chi connectivity index (χ0v) is 13.7. The van der Waals surface area contributed by atoms with Gasteiger partial charge in [0.25, 0.3) is 0 Å². The molecule has 1 unspecified atom stereocenters. The highest BCUT2D eigenvalue weighted by Crippen LogP contribution is 2.30. The Balaban J connectivity index is 1.70. The number of para-hydroxylation sites is 1. The molecule has 5 heteroatoms. The second-order valence-corrected chi connectivity index (χ2v) is 6.78. The minimum atomic E-state index is -0.131. The second kappa shape index (κ2) is 6.54. The van der Waals surface area contributed by atoms with E-state index in [1.165, 1.54) is 0 Å². The summed E-state index contributed by atoms with van der Waals surface area (Å²) < 4.78 is 1.82. The Hall–Kier alpha value is -2.14. The van der Waals surface area contributed by atoms with Gasteiger partial charge in [0.05, 0.1) is 11.7 Å². The zero-order valence-electron chi connectivity index (χ0n) is 13.7. The van der Waals surface area contributed by atoms with Crippen LogP contribution in [0.25, 0.3) is 5.69 Å². The molecule has 23 heavy (non-hydrogen) atoms. The second-order valence-electron chi connectivity index (χ2n) is 6.78. The summed E-state index contributed by atoms with van der Waals surface area (Å²) in [7, 11) is 0. The summed E-state index contributed by atoms with van der Waals surface area (Å²) >= 11 is 0. The van der Waals surface area contributed by atoms with E-state index in [9.17, 15) is 4.79 Å². The van der Waals surface area contributed by atoms with E-state index in [0.29, 0.717) is 6.54 Å². The SMILES string of the molecule is CC1(C)CCCNC1C(=O)NCc1ccccc1-n1cccn1. The number of hydrogen-bond donors (Lipinski definition) is 2. The number of piperidine rings is 1. The molecule has 1 aliphatic heterocycles. The first-order valence-electron chi connectivity index (χ1n) is 8.17. The molecular weight excluding hydrogens is 288 g/mol. The van der Waals surface area contributed by atoms with Crippen molar-refractivity contribution in [2.75, 3.05) is 6.54 Å². The number of rotatable bonds is 4. The molecule has 0 saturated carbocycles. The van der Waals surface area contributed by atoms with Crippen molar-refractivity contribution in [2.24, 2.45) is 5.41 Å². The van der Waals surface area contributed by atoms with Gasteiger partial charge in [0.2, 0.25) is 5.91 Å². The molecule has 1 fully saturated rings. The molecule has 122 valence electrons. The fraction of sp³-hybridized carbons (Fsp3) is 0.444. The third kappa shape index (κ3) is 3.45. The van der Waals surface area contributed by atoms with E-state index in [2.05, 4.69) is 29.6 Å². The summed E-state index contributed by atoms with van der Waals surface area (Å²) in [6.45, 7) is 5.72. The maximum absolute atomic E-state index is 12.6. The Bertz CT molecular complexity index is 663. The number of hydrogen-bond acceptors (Lipinski definition) is 3. The Kier molecular flexibility index (Phi) is 4.48. The largest absolute Gasteiger partial charge is 0.351 e. The molecule has 2 aromatic rings. The summed E-state index contributed by atoms with van der Waals surface area (Å²) in [5.74, 6) is 0.0740. The lowest BCUT2D eigenvalue weighted by molar-refractivity contribution is -0.126. The fourth-order valence-corrected chi connectivity index (χ4v) is 3.24. The highest BCUT2D eigenvalue weighted by Gasteiger charge is 2.36. The predicted molar refractivity (Wildman–Crippen MR) is 90.2 cm³/mol. The van der Waals surface area contributed by atoms with Crippen molar-refractivity contribution >= 4 is 5.91 Å². The quantitative estimate of drug-likeness (QED) is 0.910. The molecule has 3 rings (SSSR count). The third-order valence-corrected chi connectivity index (χ3v) is 4.59. The average Bonchev–Trinajstić information content (AvgIpc) is 3.07. The normalized spacial score (nSPS) is 20.2. The van der Waals surface area contributed by atoms with Gasteiger partial charge < -0.3 is 10.6 Å². The van der Waals surface area contributed by atoms with Gasteiger partial charge in [-0.15, -0.1) is 0 Å². The first kappa shape index (κ1) is 15.7. The minimum Gasteiger partial charge on any atom is -0.351 e. The van der Waals surface area contributed by atoms with Gasteiger partial charge in [0, 0.05) is 18.9 Å². The van der Waals surface area contributed by atoms with Crippen LogP contribution < -0.4 is 10.6 Å². The number of nitrogens with one attached hydrogen (secondary N) is 2. The maximum Gasteiger partial charge on any atom is 0.237 e. The molecule has 1 saturated heterocycles. The monoisotopic (exact) mass is 312 g/mol. The van der Waals surface area contributed by atoms with E-state index in [1.807, 2.05) is 41.2 Å². The van der Waals surface area contributed by atoms with Crippen LogP contribution in [0, 0.1) is 5.41 Å². The lowest BCUT2D eigenvalue weighted by atomic mass is 9.77. The average molecular weight is 312 g/mol. The Labute approximate surface area is 137 Å². The summed E-state index contributed by atoms with van der Waals surface area (Å²) in [4.78, 5) is 12.6. The van der Waals surface area contributed by atoms with Gasteiger partial charge in [-0.3, -0.25) is 4.79 Å². The van der Waals surface area contributed by atoms with Gasteiger partial charge in [-0.25, -0.2) is 4.68 Å². The number of amides is 1. The van der Waals surface area contributed by atoms with Crippen LogP contribution in [0.3, 0.4) is 0 Å². The summed E-state index contributed by atoms with van der Waals surface area (Å²) in [5, 5.41) is 10.7. The highest BCUT2D eigenvalue weighted by molar-refractivity contribution is 5.82. The summed E-state index contributed by atoms with van der Waals surface area (Å²) in [6.07, 6.45) is 5.86. The van der Waals surface area contributed by atoms with Crippen molar-refractivity contribution < 1.29 is 4.79 Å². The molecule has 1 aromatic heterocycles. The molecule has 1 aromatic carbocycles. The van der Waals surface area contributed by atoms with Crippen LogP contribution in [0.4, 0.5) is 0 Å². The maximum atomic E-state index is 12.6. The van der Waals surface area contributed by atoms with Gasteiger partial charge in [0.1, 0.15) is 0 Å². The first-order chi connectivity index (χ1) is 11.1. The number of nitrogens with zero attached hydrogens (tertiary/aromatic N) is 2. The van der Waals surface area contributed by atoms with Crippen LogP contribution in [0.15, 0.2) is 42.7 Å². The van der Waals surface area contributed by atoms with Crippen molar-refractivity contribution in [1.29, 1.82) is 0 Å². The van der Waals surface area contributed by atoms with E-state index >= 15 is 0 Å². The number of benzene rings is 1. The summed E-state index contributed by atoms with van der Waals surface area (Å²) in [5.41, 5.74) is 2.04. The fourth-order valence-electron chi connectivity index (χ4n) is 3.24. The summed E-state index contributed by atoms with van der Waals surface area (Å²) in [6, 6.07) is 9.76. The van der Waals surface area contributed by atoms with Crippen molar-refractivity contribution in [2.45, 2.75) is 39.3 Å². The van der Waals surface area contributed by atoms with Crippen molar-refractivity contribution in [3.63, 3.8) is 0 Å². The standard InChI is InChI=1S/C18H24N4O/c1-18(2)9-5-10-19-16(18)17(23)20-13-14-7-3-4-8-15(14)22-12-6-11-21-22/h3-4,6-8,11-12,16,19H,5,9-10,13H2,1-2H3,(H,20,23). The molecule has 1 atom stereocenters. The molecule has 0 aliphatic carbocycles. The van der Waals surface area contributed by atoms with Crippen LogP contribution in [-0.4, -0.2) is 28.3 Å². The van der Waals surface area contributed by atoms with Crippen molar-refractivity contribution in [1.82, 2.24) is 20.4 Å². The molecule has 1 amide bonds. The minimum absolute atomic E-state index is 0.0101. The van der Waals surface area contributed by atoms with Crippen molar-refractivity contribution in [3.8, 4) is 5.69 Å². The van der Waals surface area contributed by atoms with Crippen LogP contribution in [0.2, 0.25) is 0 Å². The first-order valence-corrected chi connectivity index (χ1v) is 8.17. The van der Waals surface area contributed by atoms with E-state index < -0.39 is 0 Å². The Morgan fingerprint density at radius 2 is 2.22 bits per heavy atom. The van der Waals surface area contributed by atoms with Gasteiger partial charge >= 0.3 is 0 Å². The number of carbonyl (C=O) groups excluding carboxylic acids is 1. The molecule has 5 nitrogen and oxygen atoms in total. The van der Waals surface area contributed by atoms with Gasteiger partial charge in [-0.1, -0.05) is 32.0 Å². The molecule has 0 bridgehead atoms. The third-order valence-electron chi connectivity index (χ3n) is 4.59. The number of carbonyl (C=O) groups is 1. The van der Waals surface area contributed by atoms with E-state index in [0.717, 1.165) is 30.6 Å². The smallest absolute Gasteiger partial charge is 0.237 e. The van der Waals surface area contributed by atoms with E-state index in [-0.39, 0.29) is 17.4 Å². The zero-order chi connectivity index (χ0) is 16.3. The Morgan fingerprint density at radius 1 is 1.39 bits per heavy atom. The lowest BCUT2D eigenvalue weighted by Gasteiger charge is -2.38. The van der Waals surface area contributed by atoms with Crippen LogP contribution in [0.5, 0.6) is 0 Å². The Morgan fingerprint density at radius 3 is 2.96 bits per heavy atom. The molecule has 1 aliphatic rings. The van der Waals surface area contributed by atoms with Gasteiger partial charge in [-0.2, -0.15) is 5.10 Å². The lowest BCUT2D eigenvalue weighted by Crippen LogP contribution is -2.55. The molecule has 2 N–H and O–H groups in total.